The van der Waals surface area contributed by atoms with Gasteiger partial charge in [0, 0.05) is 57.4 Å². The number of aromatic nitrogens is 5. The van der Waals surface area contributed by atoms with Gasteiger partial charge in [-0.05, 0) is 57.4 Å². The summed E-state index contributed by atoms with van der Waals surface area (Å²) in [4.78, 5) is 28.1. The Balaban J connectivity index is 1.07. The fourth-order valence-corrected chi connectivity index (χ4v) is 5.53. The number of nitrogen functional groups attached to an aromatic ring is 1. The molecule has 3 N–H and O–H groups in total. The van der Waals surface area contributed by atoms with Crippen LogP contribution in [0.4, 0.5) is 16.0 Å². The van der Waals surface area contributed by atoms with Crippen LogP contribution in [-0.2, 0) is 6.54 Å². The minimum Gasteiger partial charge on any atom is -0.463 e. The first-order chi connectivity index (χ1) is 20.3. The van der Waals surface area contributed by atoms with Gasteiger partial charge in [0.1, 0.15) is 22.5 Å². The van der Waals surface area contributed by atoms with Crippen LogP contribution in [0.1, 0.15) is 17.3 Å². The number of nitrogens with zero attached hydrogens (tertiary/aromatic N) is 8. The molecule has 1 aromatic carbocycles. The maximum absolute atomic E-state index is 15.1. The summed E-state index contributed by atoms with van der Waals surface area (Å²) >= 11 is 0. The Bertz CT molecular complexity index is 1700. The lowest BCUT2D eigenvalue weighted by Gasteiger charge is -2.36. The van der Waals surface area contributed by atoms with Gasteiger partial charge >= 0.3 is 0 Å². The average molecular weight is 575 g/mol. The van der Waals surface area contributed by atoms with Crippen molar-refractivity contribution in [3.63, 3.8) is 0 Å². The van der Waals surface area contributed by atoms with Crippen LogP contribution in [0, 0.1) is 5.82 Å². The van der Waals surface area contributed by atoms with Gasteiger partial charge in [-0.3, -0.25) is 9.69 Å². The number of imidazole rings is 1. The topological polar surface area (TPSA) is 126 Å². The molecule has 0 radical (unpaired) electrons. The van der Waals surface area contributed by atoms with E-state index < -0.39 is 0 Å². The number of fused-ring (bicyclic) bond motifs is 3. The van der Waals surface area contributed by atoms with E-state index >= 15 is 4.39 Å². The van der Waals surface area contributed by atoms with E-state index in [9.17, 15) is 4.79 Å². The van der Waals surface area contributed by atoms with Crippen LogP contribution in [0.2, 0.25) is 0 Å². The number of nitrogens with two attached hydrogens (primary N) is 1. The van der Waals surface area contributed by atoms with Crippen molar-refractivity contribution in [1.29, 1.82) is 0 Å². The molecule has 1 fully saturated rings. The van der Waals surface area contributed by atoms with Gasteiger partial charge in [0.25, 0.3) is 5.91 Å². The second-order valence-corrected chi connectivity index (χ2v) is 11.0. The summed E-state index contributed by atoms with van der Waals surface area (Å²) in [6.07, 6.45) is 3.38. The third kappa shape index (κ3) is 5.52. The molecule has 42 heavy (non-hydrogen) atoms. The van der Waals surface area contributed by atoms with Crippen molar-refractivity contribution in [2.75, 3.05) is 64.0 Å². The zero-order valence-electron chi connectivity index (χ0n) is 24.0. The summed E-state index contributed by atoms with van der Waals surface area (Å²) in [5.74, 6) is 0.275. The molecule has 1 aliphatic rings. The molecule has 4 aromatic heterocycles. The third-order valence-electron chi connectivity index (χ3n) is 7.57. The highest BCUT2D eigenvalue weighted by molar-refractivity contribution is 5.95. The molecule has 6 rings (SSSR count). The molecule has 0 aliphatic carbocycles. The van der Waals surface area contributed by atoms with Crippen LogP contribution in [0.25, 0.3) is 28.1 Å². The lowest BCUT2D eigenvalue weighted by molar-refractivity contribution is 0.0934. The first-order valence-electron chi connectivity index (χ1n) is 14.0. The average Bonchev–Trinajstić information content (AvgIpc) is 3.72. The molecule has 1 atom stereocenters. The number of halogens is 1. The van der Waals surface area contributed by atoms with Crippen molar-refractivity contribution in [2.45, 2.75) is 19.5 Å². The van der Waals surface area contributed by atoms with Crippen molar-refractivity contribution in [3.05, 3.63) is 60.4 Å². The van der Waals surface area contributed by atoms with E-state index in [1.54, 1.807) is 29.2 Å². The number of carbonyl (C=O) groups excluding carboxylic acids is 1. The molecular weight excluding hydrogens is 539 g/mol. The van der Waals surface area contributed by atoms with Crippen molar-refractivity contribution >= 4 is 34.2 Å². The summed E-state index contributed by atoms with van der Waals surface area (Å²) in [5.41, 5.74) is 9.95. The Morgan fingerprint density at radius 2 is 1.98 bits per heavy atom. The predicted octanol–water partition coefficient (Wildman–Crippen LogP) is 2.56. The number of piperazine rings is 1. The van der Waals surface area contributed by atoms with Gasteiger partial charge < -0.3 is 29.8 Å². The highest BCUT2D eigenvalue weighted by atomic mass is 19.1. The van der Waals surface area contributed by atoms with E-state index in [4.69, 9.17) is 10.2 Å². The number of hydrogen-bond acceptors (Lipinski definition) is 9. The SMILES string of the molecule is CC(CN(C)C)NC(=O)c1ccc(N2CCN(CCn3cnc4c3nc(N)n3nc(-c5ccco5)cc43)CC2)c(F)c1. The minimum absolute atomic E-state index is 0.0380. The number of rotatable bonds is 9. The van der Waals surface area contributed by atoms with Gasteiger partial charge in [-0.15, -0.1) is 0 Å². The zero-order chi connectivity index (χ0) is 29.4. The monoisotopic (exact) mass is 574 g/mol. The molecule has 1 saturated heterocycles. The smallest absolute Gasteiger partial charge is 0.251 e. The van der Waals surface area contributed by atoms with E-state index in [0.29, 0.717) is 54.5 Å². The zero-order valence-corrected chi connectivity index (χ0v) is 24.0. The summed E-state index contributed by atoms with van der Waals surface area (Å²) < 4.78 is 24.1. The fraction of sp³-hybridized carbons (Fsp3) is 0.379. The van der Waals surface area contributed by atoms with Gasteiger partial charge in [-0.1, -0.05) is 0 Å². The standard InChI is InChI=1S/C29H35FN10O2/c1-19(17-36(2)3)33-28(41)20-6-7-23(21(30)15-20)38-11-8-37(9-12-38)10-13-39-18-32-26-24-16-22(25-5-4-14-42-25)35-40(24)29(31)34-27(26)39/h4-7,14-16,18-19H,8-13,17H2,1-3H3,(H2,31,34)(H,33,41). The highest BCUT2D eigenvalue weighted by Crippen LogP contribution is 2.26. The third-order valence-corrected chi connectivity index (χ3v) is 7.57. The van der Waals surface area contributed by atoms with Crippen molar-refractivity contribution in [1.82, 2.24) is 39.3 Å². The van der Waals surface area contributed by atoms with Crippen molar-refractivity contribution in [2.24, 2.45) is 0 Å². The van der Waals surface area contributed by atoms with Gasteiger partial charge in [-0.25, -0.2) is 9.37 Å². The van der Waals surface area contributed by atoms with Gasteiger partial charge in [0.05, 0.1) is 18.3 Å². The van der Waals surface area contributed by atoms with E-state index in [2.05, 4.69) is 25.3 Å². The molecule has 12 nitrogen and oxygen atoms in total. The number of anilines is 2. The molecule has 13 heteroatoms. The quantitative estimate of drug-likeness (QED) is 0.273. The molecule has 0 bridgehead atoms. The van der Waals surface area contributed by atoms with E-state index in [-0.39, 0.29) is 23.7 Å². The van der Waals surface area contributed by atoms with Crippen LogP contribution in [0.5, 0.6) is 0 Å². The summed E-state index contributed by atoms with van der Waals surface area (Å²) in [7, 11) is 3.89. The van der Waals surface area contributed by atoms with Crippen LogP contribution in [-0.4, -0.2) is 99.3 Å². The fourth-order valence-electron chi connectivity index (χ4n) is 5.53. The first-order valence-corrected chi connectivity index (χ1v) is 14.0. The lowest BCUT2D eigenvalue weighted by atomic mass is 10.1. The maximum Gasteiger partial charge on any atom is 0.251 e. The highest BCUT2D eigenvalue weighted by Gasteiger charge is 2.22. The Kier molecular flexibility index (Phi) is 7.52. The number of likely N-dealkylation sites (N-methyl/N-ethyl adjacent to an activating group) is 1. The Hall–Kier alpha value is -4.49. The summed E-state index contributed by atoms with van der Waals surface area (Å²) in [6, 6.07) is 10.3. The van der Waals surface area contributed by atoms with Crippen LogP contribution >= 0.6 is 0 Å². The lowest BCUT2D eigenvalue weighted by Crippen LogP contribution is -2.47. The first kappa shape index (κ1) is 27.7. The van der Waals surface area contributed by atoms with E-state index in [1.807, 2.05) is 53.6 Å². The van der Waals surface area contributed by atoms with Crippen LogP contribution < -0.4 is 16.0 Å². The van der Waals surface area contributed by atoms with Crippen LogP contribution in [0.3, 0.4) is 0 Å². The number of amides is 1. The molecule has 1 aliphatic heterocycles. The largest absolute Gasteiger partial charge is 0.463 e. The summed E-state index contributed by atoms with van der Waals surface area (Å²) in [6.45, 7) is 7.05. The maximum atomic E-state index is 15.1. The molecule has 0 saturated carbocycles. The van der Waals surface area contributed by atoms with Gasteiger partial charge in [-0.2, -0.15) is 14.6 Å². The van der Waals surface area contributed by atoms with Crippen LogP contribution in [0.15, 0.2) is 53.4 Å². The van der Waals surface area contributed by atoms with Crippen molar-refractivity contribution < 1.29 is 13.6 Å². The Labute approximate surface area is 242 Å². The molecule has 5 aromatic rings. The number of nitrogens with one attached hydrogen (secondary N) is 1. The molecule has 220 valence electrons. The Morgan fingerprint density at radius 1 is 1.17 bits per heavy atom. The predicted molar refractivity (Wildman–Crippen MR) is 159 cm³/mol. The number of hydrogen-bond donors (Lipinski definition) is 2. The van der Waals surface area contributed by atoms with E-state index in [1.165, 1.54) is 6.07 Å². The number of furan rings is 1. The molecule has 1 amide bonds. The molecule has 1 unspecified atom stereocenters. The molecule has 5 heterocycles. The van der Waals surface area contributed by atoms with Gasteiger partial charge in [0.2, 0.25) is 5.95 Å². The Morgan fingerprint density at radius 3 is 2.69 bits per heavy atom. The number of benzene rings is 1. The second-order valence-electron chi connectivity index (χ2n) is 11.0. The summed E-state index contributed by atoms with van der Waals surface area (Å²) in [5, 5.41) is 7.45. The molecular formula is C29H35FN10O2. The molecule has 0 spiro atoms. The normalized spacial score (nSPS) is 15.2. The minimum atomic E-state index is -0.383. The number of carbonyl (C=O) groups is 1. The van der Waals surface area contributed by atoms with Crippen molar-refractivity contribution in [3.8, 4) is 11.5 Å². The second kappa shape index (κ2) is 11.4. The van der Waals surface area contributed by atoms with Gasteiger partial charge in [0.15, 0.2) is 11.4 Å². The van der Waals surface area contributed by atoms with E-state index in [0.717, 1.165) is 30.7 Å².